The Labute approximate surface area is 170 Å². The van der Waals surface area contributed by atoms with Gasteiger partial charge in [-0.2, -0.15) is 5.10 Å². The SMILES string of the molecule is CN(CCCC(=O)OC(C)(C)C)C(=O)c1cnn2c(-c3ccccc3)ccnc12. The molecule has 0 unspecified atom stereocenters. The van der Waals surface area contributed by atoms with E-state index in [0.717, 1.165) is 11.3 Å². The third kappa shape index (κ3) is 4.99. The van der Waals surface area contributed by atoms with Gasteiger partial charge in [0.25, 0.3) is 5.91 Å². The van der Waals surface area contributed by atoms with Gasteiger partial charge in [0.1, 0.15) is 11.2 Å². The van der Waals surface area contributed by atoms with Crippen LogP contribution in [0.3, 0.4) is 0 Å². The van der Waals surface area contributed by atoms with Crippen LogP contribution in [0.25, 0.3) is 16.9 Å². The Morgan fingerprint density at radius 3 is 2.55 bits per heavy atom. The van der Waals surface area contributed by atoms with Gasteiger partial charge in [0.15, 0.2) is 5.65 Å². The zero-order chi connectivity index (χ0) is 21.0. The number of benzene rings is 1. The van der Waals surface area contributed by atoms with Gasteiger partial charge in [-0.05, 0) is 33.3 Å². The van der Waals surface area contributed by atoms with E-state index in [-0.39, 0.29) is 18.3 Å². The number of hydrogen-bond acceptors (Lipinski definition) is 5. The van der Waals surface area contributed by atoms with Gasteiger partial charge in [0.05, 0.1) is 11.9 Å². The van der Waals surface area contributed by atoms with Gasteiger partial charge in [-0.25, -0.2) is 9.50 Å². The molecule has 0 atom stereocenters. The summed E-state index contributed by atoms with van der Waals surface area (Å²) in [7, 11) is 1.71. The van der Waals surface area contributed by atoms with Gasteiger partial charge in [0.2, 0.25) is 0 Å². The van der Waals surface area contributed by atoms with E-state index in [4.69, 9.17) is 4.74 Å². The maximum Gasteiger partial charge on any atom is 0.306 e. The minimum absolute atomic E-state index is 0.179. The first-order valence-corrected chi connectivity index (χ1v) is 9.62. The molecule has 7 nitrogen and oxygen atoms in total. The standard InChI is InChI=1S/C22H26N4O3/c1-22(2,3)29-19(27)11-8-14-25(4)21(28)17-15-24-26-18(12-13-23-20(17)26)16-9-6-5-7-10-16/h5-7,9-10,12-13,15H,8,11,14H2,1-4H3. The highest BCUT2D eigenvalue weighted by Crippen LogP contribution is 2.21. The molecule has 0 spiro atoms. The number of hydrogen-bond donors (Lipinski definition) is 0. The molecule has 0 saturated carbocycles. The molecular formula is C22H26N4O3. The molecular weight excluding hydrogens is 368 g/mol. The summed E-state index contributed by atoms with van der Waals surface area (Å²) in [6, 6.07) is 11.7. The van der Waals surface area contributed by atoms with Gasteiger partial charge in [-0.3, -0.25) is 9.59 Å². The molecule has 0 aliphatic rings. The Hall–Kier alpha value is -3.22. The summed E-state index contributed by atoms with van der Waals surface area (Å²) in [4.78, 5) is 30.7. The summed E-state index contributed by atoms with van der Waals surface area (Å²) in [6.45, 7) is 5.95. The highest BCUT2D eigenvalue weighted by molar-refractivity contribution is 5.99. The van der Waals surface area contributed by atoms with Gasteiger partial charge in [0, 0.05) is 31.8 Å². The molecule has 2 aromatic heterocycles. The molecule has 3 aromatic rings. The fourth-order valence-electron chi connectivity index (χ4n) is 3.03. The minimum atomic E-state index is -0.502. The normalized spacial score (nSPS) is 11.4. The largest absolute Gasteiger partial charge is 0.460 e. The van der Waals surface area contributed by atoms with Crippen LogP contribution in [0.2, 0.25) is 0 Å². The van der Waals surface area contributed by atoms with Crippen molar-refractivity contribution in [2.24, 2.45) is 0 Å². The summed E-state index contributed by atoms with van der Waals surface area (Å²) < 4.78 is 6.98. The number of rotatable bonds is 6. The van der Waals surface area contributed by atoms with E-state index >= 15 is 0 Å². The first-order chi connectivity index (χ1) is 13.8. The third-order valence-electron chi connectivity index (χ3n) is 4.34. The topological polar surface area (TPSA) is 76.8 Å². The van der Waals surface area contributed by atoms with Crippen LogP contribution in [0.1, 0.15) is 44.0 Å². The lowest BCUT2D eigenvalue weighted by Gasteiger charge is -2.20. The number of nitrogens with zero attached hydrogens (tertiary/aromatic N) is 4. The van der Waals surface area contributed by atoms with E-state index in [1.807, 2.05) is 57.2 Å². The number of ether oxygens (including phenoxy) is 1. The minimum Gasteiger partial charge on any atom is -0.460 e. The summed E-state index contributed by atoms with van der Waals surface area (Å²) in [5, 5.41) is 4.38. The van der Waals surface area contributed by atoms with Crippen molar-refractivity contribution in [1.29, 1.82) is 0 Å². The lowest BCUT2D eigenvalue weighted by molar-refractivity contribution is -0.154. The van der Waals surface area contributed by atoms with E-state index in [1.165, 1.54) is 0 Å². The van der Waals surface area contributed by atoms with Crippen molar-refractivity contribution in [2.75, 3.05) is 13.6 Å². The first-order valence-electron chi connectivity index (χ1n) is 9.62. The molecule has 0 fully saturated rings. The van der Waals surface area contributed by atoms with Crippen LogP contribution in [0.4, 0.5) is 0 Å². The van der Waals surface area contributed by atoms with Crippen molar-refractivity contribution in [3.8, 4) is 11.3 Å². The highest BCUT2D eigenvalue weighted by Gasteiger charge is 2.20. The van der Waals surface area contributed by atoms with Crippen molar-refractivity contribution in [2.45, 2.75) is 39.2 Å². The van der Waals surface area contributed by atoms with Crippen LogP contribution in [0, 0.1) is 0 Å². The second kappa shape index (κ2) is 8.43. The summed E-state index contributed by atoms with van der Waals surface area (Å²) in [6.07, 6.45) is 4.01. The molecule has 1 aromatic carbocycles. The first kappa shape index (κ1) is 20.5. The number of aromatic nitrogens is 3. The molecule has 0 saturated heterocycles. The number of carbonyl (C=O) groups excluding carboxylic acids is 2. The monoisotopic (exact) mass is 394 g/mol. The van der Waals surface area contributed by atoms with Crippen molar-refractivity contribution in [3.05, 3.63) is 54.4 Å². The molecule has 152 valence electrons. The fourth-order valence-corrected chi connectivity index (χ4v) is 3.03. The predicted octanol–water partition coefficient (Wildman–Crippen LogP) is 3.59. The smallest absolute Gasteiger partial charge is 0.306 e. The number of amides is 1. The lowest BCUT2D eigenvalue weighted by Crippen LogP contribution is -2.29. The number of esters is 1. The van der Waals surface area contributed by atoms with Crippen LogP contribution in [-0.4, -0.2) is 50.6 Å². The van der Waals surface area contributed by atoms with E-state index in [0.29, 0.717) is 24.2 Å². The summed E-state index contributed by atoms with van der Waals surface area (Å²) in [5.41, 5.74) is 2.30. The average molecular weight is 394 g/mol. The Kier molecular flexibility index (Phi) is 5.96. The zero-order valence-electron chi connectivity index (χ0n) is 17.3. The molecule has 29 heavy (non-hydrogen) atoms. The summed E-state index contributed by atoms with van der Waals surface area (Å²) >= 11 is 0. The Morgan fingerprint density at radius 1 is 1.14 bits per heavy atom. The molecule has 0 aliphatic heterocycles. The van der Waals surface area contributed by atoms with Crippen LogP contribution < -0.4 is 0 Å². The molecule has 2 heterocycles. The van der Waals surface area contributed by atoms with E-state index in [2.05, 4.69) is 10.1 Å². The van der Waals surface area contributed by atoms with E-state index in [9.17, 15) is 9.59 Å². The van der Waals surface area contributed by atoms with Crippen molar-refractivity contribution in [3.63, 3.8) is 0 Å². The zero-order valence-corrected chi connectivity index (χ0v) is 17.3. The molecule has 7 heteroatoms. The molecule has 3 rings (SSSR count). The molecule has 0 aliphatic carbocycles. The van der Waals surface area contributed by atoms with Gasteiger partial charge < -0.3 is 9.64 Å². The van der Waals surface area contributed by atoms with Crippen LogP contribution in [-0.2, 0) is 9.53 Å². The van der Waals surface area contributed by atoms with Crippen molar-refractivity contribution < 1.29 is 14.3 Å². The highest BCUT2D eigenvalue weighted by atomic mass is 16.6. The second-order valence-corrected chi connectivity index (χ2v) is 7.91. The van der Waals surface area contributed by atoms with Crippen molar-refractivity contribution >= 4 is 17.5 Å². The summed E-state index contributed by atoms with van der Waals surface area (Å²) in [5.74, 6) is -0.439. The van der Waals surface area contributed by atoms with Crippen LogP contribution in [0.5, 0.6) is 0 Å². The van der Waals surface area contributed by atoms with Crippen molar-refractivity contribution in [1.82, 2.24) is 19.5 Å². The maximum atomic E-state index is 12.9. The predicted molar refractivity (Wildman–Crippen MR) is 110 cm³/mol. The third-order valence-corrected chi connectivity index (χ3v) is 4.34. The van der Waals surface area contributed by atoms with Gasteiger partial charge in [-0.1, -0.05) is 30.3 Å². The Balaban J connectivity index is 1.70. The van der Waals surface area contributed by atoms with E-state index < -0.39 is 5.60 Å². The van der Waals surface area contributed by atoms with Crippen LogP contribution in [0.15, 0.2) is 48.8 Å². The molecule has 1 amide bonds. The lowest BCUT2D eigenvalue weighted by atomic mass is 10.1. The van der Waals surface area contributed by atoms with E-state index in [1.54, 1.807) is 28.9 Å². The molecule has 0 bridgehead atoms. The van der Waals surface area contributed by atoms with Gasteiger partial charge >= 0.3 is 5.97 Å². The van der Waals surface area contributed by atoms with Gasteiger partial charge in [-0.15, -0.1) is 0 Å². The number of fused-ring (bicyclic) bond motifs is 1. The quantitative estimate of drug-likeness (QED) is 0.597. The number of carbonyl (C=O) groups is 2. The average Bonchev–Trinajstić information content (AvgIpc) is 3.10. The van der Waals surface area contributed by atoms with Crippen LogP contribution >= 0.6 is 0 Å². The molecule has 0 radical (unpaired) electrons. The maximum absolute atomic E-state index is 12.9. The molecule has 0 N–H and O–H groups in total. The second-order valence-electron chi connectivity index (χ2n) is 7.91. The Bertz CT molecular complexity index is 1010. The fraction of sp³-hybridized carbons (Fsp3) is 0.364. The Morgan fingerprint density at radius 2 is 1.86 bits per heavy atom.